The van der Waals surface area contributed by atoms with Gasteiger partial charge < -0.3 is 14.8 Å². The van der Waals surface area contributed by atoms with Crippen molar-refractivity contribution in [3.05, 3.63) is 59.7 Å². The molecule has 0 spiro atoms. The van der Waals surface area contributed by atoms with E-state index in [0.29, 0.717) is 23.4 Å². The van der Waals surface area contributed by atoms with Gasteiger partial charge in [0.15, 0.2) is 12.4 Å². The number of esters is 1. The van der Waals surface area contributed by atoms with Crippen molar-refractivity contribution in [3.63, 3.8) is 0 Å². The monoisotopic (exact) mass is 355 g/mol. The van der Waals surface area contributed by atoms with Crippen LogP contribution in [0, 0.1) is 0 Å². The zero-order valence-electron chi connectivity index (χ0n) is 14.8. The number of benzene rings is 2. The summed E-state index contributed by atoms with van der Waals surface area (Å²) in [5, 5.41) is 2.58. The first-order valence-electron chi connectivity index (χ1n) is 8.18. The van der Waals surface area contributed by atoms with E-state index >= 15 is 0 Å². The van der Waals surface area contributed by atoms with Crippen LogP contribution in [0.3, 0.4) is 0 Å². The van der Waals surface area contributed by atoms with Gasteiger partial charge in [-0.15, -0.1) is 0 Å². The van der Waals surface area contributed by atoms with Crippen LogP contribution >= 0.6 is 0 Å². The molecular weight excluding hydrogens is 334 g/mol. The van der Waals surface area contributed by atoms with Crippen LogP contribution in [0.15, 0.2) is 48.5 Å². The summed E-state index contributed by atoms with van der Waals surface area (Å²) >= 11 is 0. The predicted octanol–water partition coefficient (Wildman–Crippen LogP) is 3.01. The Hall–Kier alpha value is -3.15. The lowest BCUT2D eigenvalue weighted by Crippen LogP contribution is -2.22. The van der Waals surface area contributed by atoms with E-state index in [1.807, 2.05) is 24.3 Å². The van der Waals surface area contributed by atoms with Crippen molar-refractivity contribution in [2.45, 2.75) is 19.8 Å². The molecule has 2 aromatic carbocycles. The average molecular weight is 355 g/mol. The van der Waals surface area contributed by atoms with E-state index in [2.05, 4.69) is 5.32 Å². The van der Waals surface area contributed by atoms with Crippen molar-refractivity contribution in [1.29, 1.82) is 0 Å². The largest absolute Gasteiger partial charge is 0.496 e. The second kappa shape index (κ2) is 9.36. The molecule has 0 heterocycles. The van der Waals surface area contributed by atoms with Gasteiger partial charge in [-0.2, -0.15) is 0 Å². The Kier molecular flexibility index (Phi) is 6.91. The molecule has 2 rings (SSSR count). The molecule has 0 atom stereocenters. The number of ketones is 1. The van der Waals surface area contributed by atoms with Crippen LogP contribution in [-0.2, 0) is 20.7 Å². The number of aryl methyl sites for hydroxylation is 1. The summed E-state index contributed by atoms with van der Waals surface area (Å²) in [6, 6.07) is 14.1. The number of Topliss-reactive ketones (excluding diaryl/α,β-unsaturated/α-hetero) is 1. The molecule has 6 nitrogen and oxygen atoms in total. The van der Waals surface area contributed by atoms with Crippen molar-refractivity contribution < 1.29 is 23.9 Å². The van der Waals surface area contributed by atoms with Gasteiger partial charge >= 0.3 is 5.97 Å². The number of carbonyl (C=O) groups excluding carboxylic acids is 3. The molecule has 0 fully saturated rings. The second-order valence-electron chi connectivity index (χ2n) is 5.62. The first-order chi connectivity index (χ1) is 12.5. The van der Waals surface area contributed by atoms with E-state index < -0.39 is 18.5 Å². The zero-order chi connectivity index (χ0) is 18.9. The fourth-order valence-corrected chi connectivity index (χ4v) is 2.45. The van der Waals surface area contributed by atoms with E-state index in [0.717, 1.165) is 5.56 Å². The third-order valence-corrected chi connectivity index (χ3v) is 3.74. The fourth-order valence-electron chi connectivity index (χ4n) is 2.45. The maximum Gasteiger partial charge on any atom is 0.306 e. The quantitative estimate of drug-likeness (QED) is 0.581. The molecule has 1 amide bonds. The summed E-state index contributed by atoms with van der Waals surface area (Å²) in [5.74, 6) is -0.427. The summed E-state index contributed by atoms with van der Waals surface area (Å²) in [6.45, 7) is 1.01. The topological polar surface area (TPSA) is 81.7 Å². The summed E-state index contributed by atoms with van der Waals surface area (Å²) in [7, 11) is 1.57. The molecule has 136 valence electrons. The van der Waals surface area contributed by atoms with Crippen molar-refractivity contribution in [2.24, 2.45) is 0 Å². The summed E-state index contributed by atoms with van der Waals surface area (Å²) < 4.78 is 10.2. The Morgan fingerprint density at radius 1 is 1.00 bits per heavy atom. The highest BCUT2D eigenvalue weighted by Crippen LogP contribution is 2.19. The Morgan fingerprint density at radius 2 is 1.69 bits per heavy atom. The molecule has 0 bridgehead atoms. The van der Waals surface area contributed by atoms with Crippen molar-refractivity contribution in [2.75, 3.05) is 19.0 Å². The van der Waals surface area contributed by atoms with Crippen LogP contribution in [0.1, 0.15) is 29.3 Å². The van der Waals surface area contributed by atoms with Crippen molar-refractivity contribution in [3.8, 4) is 5.75 Å². The normalized spacial score (nSPS) is 10.1. The smallest absolute Gasteiger partial charge is 0.306 e. The molecule has 0 saturated carbocycles. The highest BCUT2D eigenvalue weighted by Gasteiger charge is 2.12. The van der Waals surface area contributed by atoms with E-state index in [1.54, 1.807) is 31.4 Å². The summed E-state index contributed by atoms with van der Waals surface area (Å²) in [6.07, 6.45) is 0.593. The minimum atomic E-state index is -0.496. The van der Waals surface area contributed by atoms with E-state index in [-0.39, 0.29) is 12.2 Å². The molecule has 0 aliphatic rings. The highest BCUT2D eigenvalue weighted by molar-refractivity contribution is 6.04. The number of anilines is 1. The van der Waals surface area contributed by atoms with Crippen LogP contribution in [0.5, 0.6) is 5.75 Å². The van der Waals surface area contributed by atoms with Gasteiger partial charge in [0.25, 0.3) is 5.91 Å². The molecule has 2 aromatic rings. The maximum absolute atomic E-state index is 11.9. The van der Waals surface area contributed by atoms with Gasteiger partial charge in [0, 0.05) is 12.0 Å². The molecular formula is C20H21NO5. The van der Waals surface area contributed by atoms with Gasteiger partial charge in [0.2, 0.25) is 0 Å². The third kappa shape index (κ3) is 5.44. The van der Waals surface area contributed by atoms with E-state index in [9.17, 15) is 14.4 Å². The lowest BCUT2D eigenvalue weighted by atomic mass is 10.1. The first-order valence-corrected chi connectivity index (χ1v) is 8.18. The van der Waals surface area contributed by atoms with Crippen LogP contribution in [0.2, 0.25) is 0 Å². The predicted molar refractivity (Wildman–Crippen MR) is 97.4 cm³/mol. The lowest BCUT2D eigenvalue weighted by molar-refractivity contribution is -0.147. The molecule has 0 aliphatic heterocycles. The van der Waals surface area contributed by atoms with Crippen LogP contribution < -0.4 is 10.1 Å². The van der Waals surface area contributed by atoms with Crippen molar-refractivity contribution >= 4 is 23.3 Å². The summed E-state index contributed by atoms with van der Waals surface area (Å²) in [5.41, 5.74) is 1.70. The number of nitrogens with one attached hydrogen (secondary N) is 1. The van der Waals surface area contributed by atoms with Gasteiger partial charge in [0.1, 0.15) is 5.75 Å². The summed E-state index contributed by atoms with van der Waals surface area (Å²) in [4.78, 5) is 35.3. The molecule has 0 saturated heterocycles. The Bertz CT molecular complexity index is 800. The Morgan fingerprint density at radius 3 is 2.42 bits per heavy atom. The minimum absolute atomic E-state index is 0.137. The molecule has 1 N–H and O–H groups in total. The molecule has 0 aliphatic carbocycles. The van der Waals surface area contributed by atoms with Gasteiger partial charge in [-0.25, -0.2) is 0 Å². The zero-order valence-corrected chi connectivity index (χ0v) is 14.8. The lowest BCUT2D eigenvalue weighted by Gasteiger charge is -2.10. The first kappa shape index (κ1) is 19.2. The van der Waals surface area contributed by atoms with Crippen LogP contribution in [-0.4, -0.2) is 31.4 Å². The van der Waals surface area contributed by atoms with E-state index in [1.165, 1.54) is 6.92 Å². The molecule has 0 aromatic heterocycles. The Labute approximate surface area is 152 Å². The molecule has 26 heavy (non-hydrogen) atoms. The van der Waals surface area contributed by atoms with Crippen LogP contribution in [0.4, 0.5) is 5.69 Å². The fraction of sp³-hybridized carbons (Fsp3) is 0.250. The highest BCUT2D eigenvalue weighted by atomic mass is 16.5. The minimum Gasteiger partial charge on any atom is -0.496 e. The van der Waals surface area contributed by atoms with Gasteiger partial charge in [-0.3, -0.25) is 14.4 Å². The molecule has 6 heteroatoms. The van der Waals surface area contributed by atoms with Gasteiger partial charge in [0.05, 0.1) is 12.8 Å². The average Bonchev–Trinajstić information content (AvgIpc) is 2.65. The van der Waals surface area contributed by atoms with Gasteiger partial charge in [-0.1, -0.05) is 30.3 Å². The Balaban J connectivity index is 1.82. The molecule has 0 unspecified atom stereocenters. The third-order valence-electron chi connectivity index (χ3n) is 3.74. The van der Waals surface area contributed by atoms with Crippen molar-refractivity contribution in [1.82, 2.24) is 0 Å². The number of ether oxygens (including phenoxy) is 2. The van der Waals surface area contributed by atoms with Gasteiger partial charge in [-0.05, 0) is 37.1 Å². The second-order valence-corrected chi connectivity index (χ2v) is 5.62. The number of para-hydroxylation sites is 2. The number of hydrogen-bond donors (Lipinski definition) is 1. The number of hydrogen-bond acceptors (Lipinski definition) is 5. The van der Waals surface area contributed by atoms with Crippen LogP contribution in [0.25, 0.3) is 0 Å². The number of rotatable bonds is 8. The van der Waals surface area contributed by atoms with E-state index in [4.69, 9.17) is 9.47 Å². The SMILES string of the molecule is COc1ccccc1CCC(=O)OCC(=O)Nc1ccccc1C(C)=O. The molecule has 0 radical (unpaired) electrons. The maximum atomic E-state index is 11.9. The number of amides is 1. The standard InChI is InChI=1S/C20H21NO5/c1-14(22)16-8-4-5-9-17(16)21-19(23)13-26-20(24)12-11-15-7-3-6-10-18(15)25-2/h3-10H,11-13H2,1-2H3,(H,21,23). The number of carbonyl (C=O) groups is 3. The number of methoxy groups -OCH3 is 1.